The van der Waals surface area contributed by atoms with Crippen molar-refractivity contribution in [1.29, 1.82) is 0 Å². The Hall–Kier alpha value is -3.23. The molecule has 0 aliphatic carbocycles. The number of para-hydroxylation sites is 1. The Labute approximate surface area is 194 Å². The number of amides is 1. The second kappa shape index (κ2) is 11.1. The summed E-state index contributed by atoms with van der Waals surface area (Å²) in [4.78, 5) is 14.8. The molecular formula is C25H28FN3O3S. The highest BCUT2D eigenvalue weighted by atomic mass is 32.2. The number of hydrogen-bond acceptors (Lipinski definition) is 4. The zero-order chi connectivity index (χ0) is 23.8. The van der Waals surface area contributed by atoms with Crippen LogP contribution in [0.1, 0.15) is 35.3 Å². The van der Waals surface area contributed by atoms with Crippen molar-refractivity contribution in [2.24, 2.45) is 0 Å². The quantitative estimate of drug-likeness (QED) is 0.461. The number of rotatable bonds is 10. The Bertz CT molecular complexity index is 1190. The number of carbonyl (C=O) groups excluding carboxylic acids is 1. The molecule has 0 bridgehead atoms. The highest BCUT2D eigenvalue weighted by molar-refractivity contribution is 7.92. The average Bonchev–Trinajstić information content (AvgIpc) is 2.83. The highest BCUT2D eigenvalue weighted by Crippen LogP contribution is 2.19. The van der Waals surface area contributed by atoms with Gasteiger partial charge in [-0.25, -0.2) is 12.8 Å². The largest absolute Gasteiger partial charge is 0.348 e. The van der Waals surface area contributed by atoms with Gasteiger partial charge in [-0.2, -0.15) is 0 Å². The van der Waals surface area contributed by atoms with Gasteiger partial charge in [-0.1, -0.05) is 56.3 Å². The summed E-state index contributed by atoms with van der Waals surface area (Å²) in [6.45, 7) is 7.42. The summed E-state index contributed by atoms with van der Waals surface area (Å²) in [5.41, 5.74) is 2.19. The summed E-state index contributed by atoms with van der Waals surface area (Å²) in [7, 11) is -4.05. The van der Waals surface area contributed by atoms with Gasteiger partial charge >= 0.3 is 0 Å². The lowest BCUT2D eigenvalue weighted by atomic mass is 10.1. The van der Waals surface area contributed by atoms with Crippen molar-refractivity contribution in [3.05, 3.63) is 95.3 Å². The van der Waals surface area contributed by atoms with Crippen molar-refractivity contribution >= 4 is 21.6 Å². The minimum Gasteiger partial charge on any atom is -0.348 e. The number of hydrogen-bond donors (Lipinski definition) is 2. The van der Waals surface area contributed by atoms with E-state index in [9.17, 15) is 17.6 Å². The molecule has 0 saturated heterocycles. The summed E-state index contributed by atoms with van der Waals surface area (Å²) in [6, 6.07) is 19.2. The van der Waals surface area contributed by atoms with Crippen LogP contribution in [0.5, 0.6) is 0 Å². The lowest BCUT2D eigenvalue weighted by Gasteiger charge is -2.18. The zero-order valence-electron chi connectivity index (χ0n) is 18.7. The molecule has 0 radical (unpaired) electrons. The van der Waals surface area contributed by atoms with Gasteiger partial charge in [-0.05, 0) is 54.5 Å². The van der Waals surface area contributed by atoms with Crippen LogP contribution >= 0.6 is 0 Å². The molecule has 3 aromatic rings. The molecule has 33 heavy (non-hydrogen) atoms. The lowest BCUT2D eigenvalue weighted by Crippen LogP contribution is -2.24. The van der Waals surface area contributed by atoms with E-state index in [-0.39, 0.29) is 16.1 Å². The van der Waals surface area contributed by atoms with Crippen molar-refractivity contribution < 1.29 is 17.6 Å². The van der Waals surface area contributed by atoms with Gasteiger partial charge in [0.2, 0.25) is 0 Å². The van der Waals surface area contributed by atoms with Gasteiger partial charge in [-0.15, -0.1) is 0 Å². The molecule has 2 N–H and O–H groups in total. The number of halogens is 1. The summed E-state index contributed by atoms with van der Waals surface area (Å²) in [5.74, 6) is -1.08. The third-order valence-corrected chi connectivity index (χ3v) is 6.66. The second-order valence-corrected chi connectivity index (χ2v) is 9.26. The Kier molecular flexibility index (Phi) is 8.19. The molecule has 6 nitrogen and oxygen atoms in total. The van der Waals surface area contributed by atoms with Crippen molar-refractivity contribution in [1.82, 2.24) is 10.2 Å². The topological polar surface area (TPSA) is 78.5 Å². The standard InChI is InChI=1S/C25H28FN3O3S/c1-3-29(4-2)18-20-14-12-19(13-15-20)17-27-25(30)21-8-7-9-22(16-21)33(31,32)28-24-11-6-5-10-23(24)26/h5-16,28H,3-4,17-18H2,1-2H3,(H,27,30). The monoisotopic (exact) mass is 469 g/mol. The van der Waals surface area contributed by atoms with Crippen molar-refractivity contribution in [3.63, 3.8) is 0 Å². The first kappa shape index (κ1) is 24.4. The fraction of sp³-hybridized carbons (Fsp3) is 0.240. The minimum atomic E-state index is -4.05. The van der Waals surface area contributed by atoms with Gasteiger partial charge in [0.05, 0.1) is 10.6 Å². The van der Waals surface area contributed by atoms with E-state index in [1.54, 1.807) is 0 Å². The molecule has 0 atom stereocenters. The van der Waals surface area contributed by atoms with E-state index in [4.69, 9.17) is 0 Å². The third kappa shape index (κ3) is 6.63. The molecule has 0 unspecified atom stereocenters. The molecule has 0 heterocycles. The van der Waals surface area contributed by atoms with Crippen LogP contribution in [-0.4, -0.2) is 32.3 Å². The van der Waals surface area contributed by atoms with Gasteiger partial charge in [0.15, 0.2) is 0 Å². The fourth-order valence-electron chi connectivity index (χ4n) is 3.30. The zero-order valence-corrected chi connectivity index (χ0v) is 19.5. The number of sulfonamides is 1. The Morgan fingerprint density at radius 1 is 0.909 bits per heavy atom. The van der Waals surface area contributed by atoms with Crippen LogP contribution in [0.15, 0.2) is 77.7 Å². The molecule has 0 aliphatic heterocycles. The van der Waals surface area contributed by atoms with E-state index in [0.717, 1.165) is 31.3 Å². The fourth-order valence-corrected chi connectivity index (χ4v) is 4.42. The maximum atomic E-state index is 13.8. The second-order valence-electron chi connectivity index (χ2n) is 7.57. The number of nitrogens with one attached hydrogen (secondary N) is 2. The summed E-state index contributed by atoms with van der Waals surface area (Å²) < 4.78 is 41.3. The first-order chi connectivity index (χ1) is 15.8. The van der Waals surface area contributed by atoms with Gasteiger partial charge in [0.25, 0.3) is 15.9 Å². The van der Waals surface area contributed by atoms with Gasteiger partial charge in [-0.3, -0.25) is 14.4 Å². The van der Waals surface area contributed by atoms with Gasteiger partial charge in [0, 0.05) is 18.7 Å². The molecule has 1 amide bonds. The summed E-state index contributed by atoms with van der Waals surface area (Å²) in [5, 5.41) is 2.81. The van der Waals surface area contributed by atoms with Crippen LogP contribution < -0.4 is 10.0 Å². The molecular weight excluding hydrogens is 441 g/mol. The lowest BCUT2D eigenvalue weighted by molar-refractivity contribution is 0.0950. The molecule has 8 heteroatoms. The van der Waals surface area contributed by atoms with E-state index in [2.05, 4.69) is 28.8 Å². The van der Waals surface area contributed by atoms with E-state index >= 15 is 0 Å². The van der Waals surface area contributed by atoms with Crippen LogP contribution in [0.2, 0.25) is 0 Å². The van der Waals surface area contributed by atoms with E-state index < -0.39 is 21.7 Å². The Morgan fingerprint density at radius 2 is 1.58 bits per heavy atom. The van der Waals surface area contributed by atoms with Gasteiger partial charge in [0.1, 0.15) is 5.82 Å². The highest BCUT2D eigenvalue weighted by Gasteiger charge is 2.18. The van der Waals surface area contributed by atoms with Crippen LogP contribution in [0.3, 0.4) is 0 Å². The van der Waals surface area contributed by atoms with Crippen LogP contribution in [-0.2, 0) is 23.1 Å². The van der Waals surface area contributed by atoms with Gasteiger partial charge < -0.3 is 5.32 Å². The third-order valence-electron chi connectivity index (χ3n) is 5.30. The molecule has 0 spiro atoms. The average molecular weight is 470 g/mol. The number of benzene rings is 3. The normalized spacial score (nSPS) is 11.4. The molecule has 0 fully saturated rings. The summed E-state index contributed by atoms with van der Waals surface area (Å²) >= 11 is 0. The molecule has 3 aromatic carbocycles. The molecule has 0 aromatic heterocycles. The Morgan fingerprint density at radius 3 is 2.24 bits per heavy atom. The smallest absolute Gasteiger partial charge is 0.262 e. The molecule has 0 aliphatic rings. The minimum absolute atomic E-state index is 0.126. The SMILES string of the molecule is CCN(CC)Cc1ccc(CNC(=O)c2cccc(S(=O)(=O)Nc3ccccc3F)c2)cc1. The van der Waals surface area contributed by atoms with Crippen molar-refractivity contribution in [2.75, 3.05) is 17.8 Å². The number of nitrogens with zero attached hydrogens (tertiary/aromatic N) is 1. The van der Waals surface area contributed by atoms with Crippen molar-refractivity contribution in [3.8, 4) is 0 Å². The van der Waals surface area contributed by atoms with E-state index in [1.807, 2.05) is 24.3 Å². The predicted molar refractivity (Wildman–Crippen MR) is 128 cm³/mol. The van der Waals surface area contributed by atoms with Crippen LogP contribution in [0.25, 0.3) is 0 Å². The van der Waals surface area contributed by atoms with Crippen LogP contribution in [0.4, 0.5) is 10.1 Å². The first-order valence-corrected chi connectivity index (χ1v) is 12.3. The number of carbonyl (C=O) groups is 1. The number of anilines is 1. The van der Waals surface area contributed by atoms with Crippen LogP contribution in [0, 0.1) is 5.82 Å². The van der Waals surface area contributed by atoms with E-state index in [1.165, 1.54) is 48.0 Å². The Balaban J connectivity index is 1.64. The predicted octanol–water partition coefficient (Wildman–Crippen LogP) is 4.40. The first-order valence-electron chi connectivity index (χ1n) is 10.8. The maximum absolute atomic E-state index is 13.8. The molecule has 0 saturated carbocycles. The maximum Gasteiger partial charge on any atom is 0.262 e. The van der Waals surface area contributed by atoms with E-state index in [0.29, 0.717) is 6.54 Å². The molecule has 3 rings (SSSR count). The molecule has 174 valence electrons. The summed E-state index contributed by atoms with van der Waals surface area (Å²) in [6.07, 6.45) is 0. The van der Waals surface area contributed by atoms with Crippen molar-refractivity contribution in [2.45, 2.75) is 31.8 Å².